The monoisotopic (exact) mass is 737 g/mol. The normalized spacial score (nSPS) is 19.2. The van der Waals surface area contributed by atoms with Crippen molar-refractivity contribution in [1.29, 1.82) is 0 Å². The van der Waals surface area contributed by atoms with Crippen molar-refractivity contribution < 1.29 is 37.7 Å². The average molecular weight is 739 g/mol. The van der Waals surface area contributed by atoms with E-state index < -0.39 is 29.9 Å². The van der Waals surface area contributed by atoms with Crippen molar-refractivity contribution in [2.75, 3.05) is 33.9 Å². The van der Waals surface area contributed by atoms with E-state index >= 15 is 0 Å². The number of fused-ring (bicyclic) bond motifs is 3. The molecule has 3 fully saturated rings. The first-order valence-electron chi connectivity index (χ1n) is 16.6. The molecule has 4 aromatic rings. The van der Waals surface area contributed by atoms with Gasteiger partial charge in [-0.25, -0.2) is 14.0 Å². The summed E-state index contributed by atoms with van der Waals surface area (Å²) < 4.78 is 37.1. The number of carbonyl (C=O) groups excluding carboxylic acids is 2. The van der Waals surface area contributed by atoms with E-state index in [1.165, 1.54) is 38.7 Å². The molecule has 0 amide bonds. The van der Waals surface area contributed by atoms with E-state index in [-0.39, 0.29) is 34.7 Å². The third kappa shape index (κ3) is 8.73. The van der Waals surface area contributed by atoms with Crippen LogP contribution in [0.4, 0.5) is 4.39 Å². The van der Waals surface area contributed by atoms with Gasteiger partial charge in [0.15, 0.2) is 23.9 Å². The minimum absolute atomic E-state index is 0.0717. The van der Waals surface area contributed by atoms with Gasteiger partial charge in [0.2, 0.25) is 0 Å². The Morgan fingerprint density at radius 1 is 0.941 bits per heavy atom. The molecule has 0 radical (unpaired) electrons. The summed E-state index contributed by atoms with van der Waals surface area (Å²) in [5.41, 5.74) is 2.68. The molecule has 13 heteroatoms. The second-order valence-electron chi connectivity index (χ2n) is 12.7. The van der Waals surface area contributed by atoms with Crippen LogP contribution in [0.1, 0.15) is 57.6 Å². The molecule has 3 aromatic carbocycles. The number of piperidine rings is 3. The zero-order valence-electron chi connectivity index (χ0n) is 28.2. The third-order valence-electron chi connectivity index (χ3n) is 9.48. The van der Waals surface area contributed by atoms with Gasteiger partial charge in [0.05, 0.1) is 19.8 Å². The Hall–Kier alpha value is -4.42. The summed E-state index contributed by atoms with van der Waals surface area (Å²) in [4.78, 5) is 29.4. The minimum Gasteiger partial charge on any atom is -0.619 e. The lowest BCUT2D eigenvalue weighted by atomic mass is 9.86. The minimum atomic E-state index is -0.866. The lowest BCUT2D eigenvalue weighted by Crippen LogP contribution is -2.52. The topological polar surface area (TPSA) is 113 Å². The zero-order valence-corrected chi connectivity index (χ0v) is 29.7. The number of methoxy groups -OCH3 is 2. The van der Waals surface area contributed by atoms with E-state index in [9.17, 15) is 19.2 Å². The maximum atomic E-state index is 13.8. The lowest BCUT2D eigenvalue weighted by Gasteiger charge is -2.44. The molecule has 1 unspecified atom stereocenters. The number of carbonyl (C=O) groups is 2. The third-order valence-corrected chi connectivity index (χ3v) is 10.1. The van der Waals surface area contributed by atoms with E-state index in [0.29, 0.717) is 38.8 Å². The van der Waals surface area contributed by atoms with Crippen molar-refractivity contribution in [3.63, 3.8) is 0 Å². The second kappa shape index (κ2) is 16.3. The number of hydrogen-bond acceptors (Lipinski definition) is 9. The maximum absolute atomic E-state index is 13.8. The van der Waals surface area contributed by atoms with E-state index in [2.05, 4.69) is 10.2 Å². The lowest BCUT2D eigenvalue weighted by molar-refractivity contribution is -0.605. The fourth-order valence-electron chi connectivity index (χ4n) is 6.62. The summed E-state index contributed by atoms with van der Waals surface area (Å²) in [5, 5.41) is 15.4. The summed E-state index contributed by atoms with van der Waals surface area (Å²) in [6.07, 6.45) is 3.41. The van der Waals surface area contributed by atoms with E-state index in [4.69, 9.17) is 42.1 Å². The van der Waals surface area contributed by atoms with Crippen LogP contribution >= 0.6 is 23.2 Å². The Kier molecular flexibility index (Phi) is 11.6. The Bertz CT molecular complexity index is 1830. The van der Waals surface area contributed by atoms with Crippen LogP contribution < -0.4 is 19.5 Å². The number of rotatable bonds is 13. The Morgan fingerprint density at radius 3 is 2.20 bits per heavy atom. The van der Waals surface area contributed by atoms with Gasteiger partial charge in [-0.05, 0) is 84.9 Å². The number of pyridine rings is 1. The number of nitrogens with zero attached hydrogens (tertiary/aromatic N) is 2. The Labute approximate surface area is 305 Å². The first-order valence-corrected chi connectivity index (χ1v) is 17.4. The van der Waals surface area contributed by atoms with Gasteiger partial charge in [0.1, 0.15) is 34.1 Å². The molecule has 7 rings (SSSR count). The van der Waals surface area contributed by atoms with Crippen LogP contribution in [0.15, 0.2) is 79.1 Å². The molecule has 3 saturated heterocycles. The Balaban J connectivity index is 1.17. The summed E-state index contributed by atoms with van der Waals surface area (Å²) >= 11 is 12.8. The molecule has 0 aliphatic carbocycles. The van der Waals surface area contributed by atoms with Gasteiger partial charge >= 0.3 is 11.9 Å². The first kappa shape index (κ1) is 36.4. The molecule has 1 aromatic heterocycles. The summed E-state index contributed by atoms with van der Waals surface area (Å²) in [6, 6.07) is 16.9. The van der Waals surface area contributed by atoms with Gasteiger partial charge < -0.3 is 24.2 Å². The van der Waals surface area contributed by atoms with Crippen molar-refractivity contribution in [2.45, 2.75) is 44.1 Å². The number of halogens is 3. The maximum Gasteiger partial charge on any atom is 0.338 e. The molecule has 10 nitrogen and oxygen atoms in total. The SMILES string of the molecule is COc1ccc([C@H](Cc2c(Cl)c[n+]([O-])cc2Cl)OC(=O)c2ccc(CNC(C(=O)O[C@H]3CN4CCC3CC4)c3ccc(F)cc3)cc2)cc1OC. The van der Waals surface area contributed by atoms with E-state index in [1.54, 1.807) is 54.6 Å². The van der Waals surface area contributed by atoms with Crippen LogP contribution in [-0.2, 0) is 27.2 Å². The Morgan fingerprint density at radius 2 is 1.59 bits per heavy atom. The number of benzene rings is 3. The molecule has 268 valence electrons. The predicted molar refractivity (Wildman–Crippen MR) is 188 cm³/mol. The first-order chi connectivity index (χ1) is 24.6. The number of nitrogens with one attached hydrogen (secondary N) is 1. The molecule has 3 atom stereocenters. The van der Waals surface area contributed by atoms with Crippen molar-refractivity contribution in [3.05, 3.63) is 128 Å². The van der Waals surface area contributed by atoms with Crippen LogP contribution in [0, 0.1) is 16.9 Å². The van der Waals surface area contributed by atoms with Crippen LogP contribution in [-0.4, -0.2) is 56.8 Å². The van der Waals surface area contributed by atoms with Gasteiger partial charge in [-0.2, -0.15) is 4.73 Å². The molecule has 1 N–H and O–H groups in total. The van der Waals surface area contributed by atoms with Gasteiger partial charge in [-0.15, -0.1) is 0 Å². The zero-order chi connectivity index (χ0) is 36.1. The molecule has 3 aliphatic rings. The molecule has 51 heavy (non-hydrogen) atoms. The van der Waals surface area contributed by atoms with Crippen molar-refractivity contribution in [3.8, 4) is 11.5 Å². The van der Waals surface area contributed by atoms with Crippen LogP contribution in [0.25, 0.3) is 0 Å². The summed E-state index contributed by atoms with van der Waals surface area (Å²) in [6.45, 7) is 3.04. The van der Waals surface area contributed by atoms with E-state index in [1.807, 2.05) is 0 Å². The highest BCUT2D eigenvalue weighted by Crippen LogP contribution is 2.36. The fourth-order valence-corrected chi connectivity index (χ4v) is 7.22. The standard InChI is InChI=1S/C38H38Cl2FN3O7/c1-48-32-12-9-27(17-34(32)49-2)33(18-29-30(39)20-44(47)21-31(29)40)50-37(45)26-5-3-23(4-6-26)19-42-36(25-7-10-28(41)11-8-25)38(46)51-35-22-43-15-13-24(35)14-16-43/h3-12,17,20-21,24,33,35-36,42H,13-16,18-19,22H2,1-2H3/t33-,35-,36?/m0/s1. The smallest absolute Gasteiger partial charge is 0.338 e. The molecule has 0 saturated carbocycles. The van der Waals surface area contributed by atoms with E-state index in [0.717, 1.165) is 38.0 Å². The number of aromatic nitrogens is 1. The summed E-state index contributed by atoms with van der Waals surface area (Å²) in [7, 11) is 3.02. The molecular formula is C38H38Cl2FN3O7. The predicted octanol–water partition coefficient (Wildman–Crippen LogP) is 6.39. The van der Waals surface area contributed by atoms with Crippen molar-refractivity contribution in [1.82, 2.24) is 10.2 Å². The summed E-state index contributed by atoms with van der Waals surface area (Å²) in [5.74, 6) is -0.149. The average Bonchev–Trinajstić information content (AvgIpc) is 3.13. The highest BCUT2D eigenvalue weighted by atomic mass is 35.5. The fraction of sp³-hybridized carbons (Fsp3) is 0.342. The quantitative estimate of drug-likeness (QED) is 0.0948. The number of esters is 2. The molecule has 2 bridgehead atoms. The van der Waals surface area contributed by atoms with Gasteiger partial charge in [-0.1, -0.05) is 53.5 Å². The molecular weight excluding hydrogens is 700 g/mol. The highest BCUT2D eigenvalue weighted by molar-refractivity contribution is 6.35. The molecule has 3 aliphatic heterocycles. The van der Waals surface area contributed by atoms with Gasteiger partial charge in [-0.3, -0.25) is 10.2 Å². The van der Waals surface area contributed by atoms with Crippen LogP contribution in [0.2, 0.25) is 10.0 Å². The highest BCUT2D eigenvalue weighted by Gasteiger charge is 2.38. The van der Waals surface area contributed by atoms with Gasteiger partial charge in [0.25, 0.3) is 0 Å². The number of ether oxygens (including phenoxy) is 4. The molecule has 0 spiro atoms. The van der Waals surface area contributed by atoms with Gasteiger partial charge in [0, 0.05) is 25.1 Å². The van der Waals surface area contributed by atoms with Crippen molar-refractivity contribution >= 4 is 35.1 Å². The van der Waals surface area contributed by atoms with Crippen LogP contribution in [0.5, 0.6) is 11.5 Å². The largest absolute Gasteiger partial charge is 0.619 e. The second-order valence-corrected chi connectivity index (χ2v) is 13.5. The van der Waals surface area contributed by atoms with Crippen molar-refractivity contribution in [2.24, 2.45) is 5.92 Å². The number of hydrogen-bond donors (Lipinski definition) is 1. The van der Waals surface area contributed by atoms with Crippen LogP contribution in [0.3, 0.4) is 0 Å². The molecule has 4 heterocycles.